The fourth-order valence-corrected chi connectivity index (χ4v) is 1.32. The van der Waals surface area contributed by atoms with Crippen LogP contribution in [0.25, 0.3) is 0 Å². The molecule has 0 aliphatic heterocycles. The number of benzene rings is 1. The maximum absolute atomic E-state index is 12.9. The third-order valence-corrected chi connectivity index (χ3v) is 2.38. The van der Waals surface area contributed by atoms with Crippen LogP contribution in [0.5, 0.6) is 0 Å². The first kappa shape index (κ1) is 12.0. The number of hydrogen-bond acceptors (Lipinski definition) is 1. The van der Waals surface area contributed by atoms with Crippen molar-refractivity contribution in [2.24, 2.45) is 5.73 Å². The quantitative estimate of drug-likeness (QED) is 0.827. The Kier molecular flexibility index (Phi) is 3.39. The van der Waals surface area contributed by atoms with Crippen molar-refractivity contribution in [3.8, 4) is 0 Å². The molecule has 1 nitrogen and oxygen atoms in total. The Labute approximate surface area is 87.1 Å². The van der Waals surface area contributed by atoms with Gasteiger partial charge in [0, 0.05) is 0 Å². The molecule has 0 fully saturated rings. The number of nitrogens with two attached hydrogens (primary N) is 1. The van der Waals surface area contributed by atoms with Gasteiger partial charge in [0.25, 0.3) is 6.43 Å². The third-order valence-electron chi connectivity index (χ3n) is 2.38. The molecule has 0 bridgehead atoms. The fraction of sp³-hybridized carbons (Fsp3) is 0.455. The lowest BCUT2D eigenvalue weighted by Gasteiger charge is -2.24. The second-order valence-electron chi connectivity index (χ2n) is 4.05. The first-order chi connectivity index (χ1) is 6.83. The second kappa shape index (κ2) is 4.23. The molecule has 15 heavy (non-hydrogen) atoms. The van der Waals surface area contributed by atoms with Crippen molar-refractivity contribution in [1.82, 2.24) is 0 Å². The maximum atomic E-state index is 12.9. The van der Waals surface area contributed by atoms with Crippen molar-refractivity contribution >= 4 is 0 Å². The van der Waals surface area contributed by atoms with E-state index in [1.165, 1.54) is 19.1 Å². The summed E-state index contributed by atoms with van der Waals surface area (Å²) in [4.78, 5) is 0. The van der Waals surface area contributed by atoms with E-state index < -0.39 is 17.8 Å². The molecule has 84 valence electrons. The van der Waals surface area contributed by atoms with Crippen molar-refractivity contribution in [2.45, 2.75) is 32.2 Å². The summed E-state index contributed by atoms with van der Waals surface area (Å²) in [6.07, 6.45) is -2.66. The molecule has 0 saturated heterocycles. The van der Waals surface area contributed by atoms with Crippen LogP contribution >= 0.6 is 0 Å². The Morgan fingerprint density at radius 2 is 2.00 bits per heavy atom. The standard InChI is InChI=1S/C11H14F3N/c1-7-3-4-9(12)5-8(7)6-11(2,15)10(13)14/h3-5,10H,6,15H2,1-2H3. The van der Waals surface area contributed by atoms with Crippen molar-refractivity contribution in [3.63, 3.8) is 0 Å². The molecule has 1 rings (SSSR count). The minimum absolute atomic E-state index is 0.0335. The molecule has 1 aromatic carbocycles. The first-order valence-electron chi connectivity index (χ1n) is 4.65. The molecule has 1 atom stereocenters. The van der Waals surface area contributed by atoms with Crippen LogP contribution in [-0.2, 0) is 6.42 Å². The smallest absolute Gasteiger partial charge is 0.256 e. The van der Waals surface area contributed by atoms with Gasteiger partial charge in [-0.3, -0.25) is 0 Å². The van der Waals surface area contributed by atoms with Crippen LogP contribution in [0.2, 0.25) is 0 Å². The molecule has 0 aromatic heterocycles. The molecule has 2 N–H and O–H groups in total. The fourth-order valence-electron chi connectivity index (χ4n) is 1.32. The van der Waals surface area contributed by atoms with Crippen LogP contribution in [0, 0.1) is 12.7 Å². The molecule has 4 heteroatoms. The highest BCUT2D eigenvalue weighted by Crippen LogP contribution is 2.21. The first-order valence-corrected chi connectivity index (χ1v) is 4.65. The highest BCUT2D eigenvalue weighted by molar-refractivity contribution is 5.28. The minimum atomic E-state index is -2.62. The molecule has 0 aliphatic carbocycles. The molecule has 0 spiro atoms. The van der Waals surface area contributed by atoms with Crippen molar-refractivity contribution in [1.29, 1.82) is 0 Å². The lowest BCUT2D eigenvalue weighted by molar-refractivity contribution is 0.0638. The average Bonchev–Trinajstić information content (AvgIpc) is 2.10. The van der Waals surface area contributed by atoms with Gasteiger partial charge in [-0.1, -0.05) is 6.07 Å². The SMILES string of the molecule is Cc1ccc(F)cc1CC(C)(N)C(F)F. The molecule has 0 radical (unpaired) electrons. The van der Waals surface area contributed by atoms with Gasteiger partial charge >= 0.3 is 0 Å². The predicted molar refractivity (Wildman–Crippen MR) is 53.4 cm³/mol. The van der Waals surface area contributed by atoms with Crippen LogP contribution in [-0.4, -0.2) is 12.0 Å². The van der Waals surface area contributed by atoms with Crippen molar-refractivity contribution in [2.75, 3.05) is 0 Å². The summed E-state index contributed by atoms with van der Waals surface area (Å²) >= 11 is 0. The summed E-state index contributed by atoms with van der Waals surface area (Å²) in [6.45, 7) is 3.01. The van der Waals surface area contributed by atoms with E-state index >= 15 is 0 Å². The molecule has 1 unspecified atom stereocenters. The summed E-state index contributed by atoms with van der Waals surface area (Å²) in [5.41, 5.74) is 5.13. The zero-order valence-corrected chi connectivity index (χ0v) is 8.73. The van der Waals surface area contributed by atoms with Crippen LogP contribution in [0.1, 0.15) is 18.1 Å². The third kappa shape index (κ3) is 2.96. The van der Waals surface area contributed by atoms with Gasteiger partial charge in [0.1, 0.15) is 5.82 Å². The van der Waals surface area contributed by atoms with Crippen LogP contribution in [0.3, 0.4) is 0 Å². The average molecular weight is 217 g/mol. The zero-order chi connectivity index (χ0) is 11.6. The Bertz CT molecular complexity index is 348. The Morgan fingerprint density at radius 3 is 2.53 bits per heavy atom. The molecular formula is C11H14F3N. The summed E-state index contributed by atoms with van der Waals surface area (Å²) in [7, 11) is 0. The number of hydrogen-bond donors (Lipinski definition) is 1. The summed E-state index contributed by atoms with van der Waals surface area (Å²) in [5.74, 6) is -0.430. The second-order valence-corrected chi connectivity index (χ2v) is 4.05. The van der Waals surface area contributed by atoms with Gasteiger partial charge in [-0.2, -0.15) is 0 Å². The van der Waals surface area contributed by atoms with Crippen molar-refractivity contribution in [3.05, 3.63) is 35.1 Å². The molecule has 1 aromatic rings. The maximum Gasteiger partial charge on any atom is 0.256 e. The Hall–Kier alpha value is -1.03. The summed E-state index contributed by atoms with van der Waals surface area (Å²) < 4.78 is 37.9. The number of rotatable bonds is 3. The van der Waals surface area contributed by atoms with E-state index in [0.29, 0.717) is 5.56 Å². The van der Waals surface area contributed by atoms with E-state index in [0.717, 1.165) is 5.56 Å². The molecule has 0 amide bonds. The van der Waals surface area contributed by atoms with E-state index in [4.69, 9.17) is 5.73 Å². The zero-order valence-electron chi connectivity index (χ0n) is 8.73. The highest BCUT2D eigenvalue weighted by atomic mass is 19.3. The van der Waals surface area contributed by atoms with Gasteiger partial charge in [0.2, 0.25) is 0 Å². The van der Waals surface area contributed by atoms with Gasteiger partial charge in [-0.05, 0) is 43.5 Å². The topological polar surface area (TPSA) is 26.0 Å². The van der Waals surface area contributed by atoms with Gasteiger partial charge in [-0.25, -0.2) is 13.2 Å². The largest absolute Gasteiger partial charge is 0.320 e. The Morgan fingerprint density at radius 1 is 1.40 bits per heavy atom. The molecule has 0 saturated carbocycles. The van der Waals surface area contributed by atoms with Crippen LogP contribution in [0.15, 0.2) is 18.2 Å². The number of aryl methyl sites for hydroxylation is 1. The monoisotopic (exact) mass is 217 g/mol. The van der Waals surface area contributed by atoms with Gasteiger partial charge < -0.3 is 5.73 Å². The minimum Gasteiger partial charge on any atom is -0.320 e. The number of halogens is 3. The van der Waals surface area contributed by atoms with Crippen molar-refractivity contribution < 1.29 is 13.2 Å². The summed E-state index contributed by atoms with van der Waals surface area (Å²) in [5, 5.41) is 0. The van der Waals surface area contributed by atoms with E-state index in [2.05, 4.69) is 0 Å². The van der Waals surface area contributed by atoms with E-state index in [-0.39, 0.29) is 6.42 Å². The van der Waals surface area contributed by atoms with Gasteiger partial charge in [0.05, 0.1) is 5.54 Å². The van der Waals surface area contributed by atoms with E-state index in [1.54, 1.807) is 13.0 Å². The van der Waals surface area contributed by atoms with Gasteiger partial charge in [-0.15, -0.1) is 0 Å². The molecule has 0 heterocycles. The molecule has 0 aliphatic rings. The normalized spacial score (nSPS) is 15.4. The van der Waals surface area contributed by atoms with Crippen LogP contribution < -0.4 is 5.73 Å². The lowest BCUT2D eigenvalue weighted by atomic mass is 9.92. The number of alkyl halides is 2. The molecular weight excluding hydrogens is 203 g/mol. The summed E-state index contributed by atoms with van der Waals surface area (Å²) in [6, 6.07) is 4.12. The lowest BCUT2D eigenvalue weighted by Crippen LogP contribution is -2.46. The van der Waals surface area contributed by atoms with E-state index in [1.807, 2.05) is 0 Å². The van der Waals surface area contributed by atoms with Gasteiger partial charge in [0.15, 0.2) is 0 Å². The highest BCUT2D eigenvalue weighted by Gasteiger charge is 2.30. The van der Waals surface area contributed by atoms with Crippen LogP contribution in [0.4, 0.5) is 13.2 Å². The Balaban J connectivity index is 2.94. The van der Waals surface area contributed by atoms with E-state index in [9.17, 15) is 13.2 Å². The predicted octanol–water partition coefficient (Wildman–Crippen LogP) is 2.66.